The lowest BCUT2D eigenvalue weighted by atomic mass is 9.84. The van der Waals surface area contributed by atoms with Gasteiger partial charge in [0.1, 0.15) is 5.75 Å². The van der Waals surface area contributed by atoms with Crippen molar-refractivity contribution in [2.45, 2.75) is 5.92 Å². The molecule has 126 valence electrons. The molecule has 0 aliphatic carbocycles. The van der Waals surface area contributed by atoms with E-state index in [1.807, 2.05) is 12.1 Å². The van der Waals surface area contributed by atoms with Crippen molar-refractivity contribution in [2.75, 3.05) is 0 Å². The smallest absolute Gasteiger partial charge is 0.115 e. The Labute approximate surface area is 154 Å². The summed E-state index contributed by atoms with van der Waals surface area (Å²) in [5.41, 5.74) is 6.09. The molecule has 0 unspecified atom stereocenters. The van der Waals surface area contributed by atoms with Gasteiger partial charge >= 0.3 is 0 Å². The molecule has 1 nitrogen and oxygen atoms in total. The number of hydrogen-bond donors (Lipinski definition) is 1. The highest BCUT2D eigenvalue weighted by atomic mass is 16.3. The molecule has 0 heterocycles. The molecule has 26 heavy (non-hydrogen) atoms. The Morgan fingerprint density at radius 3 is 1.27 bits per heavy atom. The third kappa shape index (κ3) is 3.38. The van der Waals surface area contributed by atoms with E-state index in [4.69, 9.17) is 0 Å². The lowest BCUT2D eigenvalue weighted by molar-refractivity contribution is 0.475. The maximum Gasteiger partial charge on any atom is 0.115 e. The summed E-state index contributed by atoms with van der Waals surface area (Å²) < 4.78 is 0. The van der Waals surface area contributed by atoms with E-state index in [2.05, 4.69) is 84.9 Å². The molecule has 1 heteroatoms. The van der Waals surface area contributed by atoms with Crippen LogP contribution in [0.2, 0.25) is 0 Å². The summed E-state index contributed by atoms with van der Waals surface area (Å²) in [4.78, 5) is 0. The van der Waals surface area contributed by atoms with Crippen molar-refractivity contribution in [1.82, 2.24) is 0 Å². The van der Waals surface area contributed by atoms with Crippen LogP contribution < -0.4 is 0 Å². The van der Waals surface area contributed by atoms with Gasteiger partial charge in [0.2, 0.25) is 0 Å². The SMILES string of the molecule is Oc1ccc(-c2ccc(C(c3ccccc3)c3ccccc3)cc2)cc1. The molecule has 4 aromatic carbocycles. The lowest BCUT2D eigenvalue weighted by Crippen LogP contribution is -2.03. The zero-order valence-electron chi connectivity index (χ0n) is 14.4. The lowest BCUT2D eigenvalue weighted by Gasteiger charge is -2.19. The first-order valence-corrected chi connectivity index (χ1v) is 8.80. The van der Waals surface area contributed by atoms with E-state index in [1.54, 1.807) is 12.1 Å². The molecule has 4 rings (SSSR count). The largest absolute Gasteiger partial charge is 0.508 e. The fourth-order valence-electron chi connectivity index (χ4n) is 3.39. The maximum atomic E-state index is 9.47. The summed E-state index contributed by atoms with van der Waals surface area (Å²) in [6.45, 7) is 0. The first-order chi connectivity index (χ1) is 12.8. The van der Waals surface area contributed by atoms with Crippen LogP contribution in [0.5, 0.6) is 5.75 Å². The molecule has 0 saturated carbocycles. The van der Waals surface area contributed by atoms with Crippen molar-refractivity contribution in [3.8, 4) is 16.9 Å². The molecule has 0 fully saturated rings. The van der Waals surface area contributed by atoms with Crippen molar-refractivity contribution in [3.63, 3.8) is 0 Å². The number of hydrogen-bond acceptors (Lipinski definition) is 1. The molecule has 0 spiro atoms. The Hall–Kier alpha value is -3.32. The van der Waals surface area contributed by atoms with Gasteiger partial charge < -0.3 is 5.11 Å². The molecular formula is C25H20O. The van der Waals surface area contributed by atoms with Crippen LogP contribution in [-0.2, 0) is 0 Å². The topological polar surface area (TPSA) is 20.2 Å². The Kier molecular flexibility index (Phi) is 4.53. The monoisotopic (exact) mass is 336 g/mol. The third-order valence-corrected chi connectivity index (χ3v) is 4.71. The molecule has 0 amide bonds. The number of aromatic hydroxyl groups is 1. The van der Waals surface area contributed by atoms with Gasteiger partial charge in [-0.05, 0) is 39.9 Å². The second-order valence-corrected chi connectivity index (χ2v) is 6.42. The Morgan fingerprint density at radius 1 is 0.423 bits per heavy atom. The molecule has 4 aromatic rings. The van der Waals surface area contributed by atoms with Gasteiger partial charge in [0.15, 0.2) is 0 Å². The summed E-state index contributed by atoms with van der Waals surface area (Å²) in [6.07, 6.45) is 0. The minimum absolute atomic E-state index is 0.214. The maximum absolute atomic E-state index is 9.47. The van der Waals surface area contributed by atoms with Crippen LogP contribution in [0.4, 0.5) is 0 Å². The quantitative estimate of drug-likeness (QED) is 0.437. The zero-order valence-corrected chi connectivity index (χ0v) is 14.4. The fraction of sp³-hybridized carbons (Fsp3) is 0.0400. The molecule has 0 saturated heterocycles. The summed E-state index contributed by atoms with van der Waals surface area (Å²) in [5.74, 6) is 0.504. The molecule has 0 aliphatic heterocycles. The molecule has 0 bridgehead atoms. The molecule has 0 aliphatic rings. The highest BCUT2D eigenvalue weighted by Gasteiger charge is 2.16. The van der Waals surface area contributed by atoms with Crippen molar-refractivity contribution < 1.29 is 5.11 Å². The summed E-state index contributed by atoms with van der Waals surface area (Å²) in [5, 5.41) is 9.47. The standard InChI is InChI=1S/C25H20O/c26-24-17-15-20(16-18-24)19-11-13-23(14-12-19)25(21-7-3-1-4-8-21)22-9-5-2-6-10-22/h1-18,25-26H. The van der Waals surface area contributed by atoms with E-state index >= 15 is 0 Å². The van der Waals surface area contributed by atoms with E-state index in [0.717, 1.165) is 11.1 Å². The minimum atomic E-state index is 0.214. The van der Waals surface area contributed by atoms with Crippen LogP contribution >= 0.6 is 0 Å². The van der Waals surface area contributed by atoms with E-state index in [0.29, 0.717) is 5.75 Å². The van der Waals surface area contributed by atoms with Gasteiger partial charge in [0.25, 0.3) is 0 Å². The molecule has 1 N–H and O–H groups in total. The van der Waals surface area contributed by atoms with Gasteiger partial charge in [0.05, 0.1) is 0 Å². The molecule has 0 radical (unpaired) electrons. The van der Waals surface area contributed by atoms with Crippen molar-refractivity contribution in [2.24, 2.45) is 0 Å². The predicted molar refractivity (Wildman–Crippen MR) is 107 cm³/mol. The predicted octanol–water partition coefficient (Wildman–Crippen LogP) is 6.24. The van der Waals surface area contributed by atoms with Crippen LogP contribution in [-0.4, -0.2) is 5.11 Å². The van der Waals surface area contributed by atoms with E-state index < -0.39 is 0 Å². The second-order valence-electron chi connectivity index (χ2n) is 6.42. The molecule has 0 aromatic heterocycles. The van der Waals surface area contributed by atoms with Crippen LogP contribution in [0.1, 0.15) is 22.6 Å². The highest BCUT2D eigenvalue weighted by molar-refractivity contribution is 5.65. The Bertz CT molecular complexity index is 917. The van der Waals surface area contributed by atoms with E-state index in [-0.39, 0.29) is 5.92 Å². The van der Waals surface area contributed by atoms with Crippen molar-refractivity contribution in [3.05, 3.63) is 126 Å². The zero-order chi connectivity index (χ0) is 17.8. The van der Waals surface area contributed by atoms with Gasteiger partial charge in [-0.15, -0.1) is 0 Å². The Morgan fingerprint density at radius 2 is 0.808 bits per heavy atom. The number of phenolic OH excluding ortho intramolecular Hbond substituents is 1. The number of phenols is 1. The van der Waals surface area contributed by atoms with Gasteiger partial charge in [-0.3, -0.25) is 0 Å². The normalized spacial score (nSPS) is 10.8. The van der Waals surface area contributed by atoms with E-state index in [9.17, 15) is 5.11 Å². The van der Waals surface area contributed by atoms with Crippen LogP contribution in [0.15, 0.2) is 109 Å². The van der Waals surface area contributed by atoms with Gasteiger partial charge in [-0.2, -0.15) is 0 Å². The number of rotatable bonds is 4. The fourth-order valence-corrected chi connectivity index (χ4v) is 3.39. The van der Waals surface area contributed by atoms with Gasteiger partial charge in [-0.1, -0.05) is 97.1 Å². The first-order valence-electron chi connectivity index (χ1n) is 8.80. The molecule has 0 atom stereocenters. The van der Waals surface area contributed by atoms with Gasteiger partial charge in [-0.25, -0.2) is 0 Å². The molecular weight excluding hydrogens is 316 g/mol. The summed E-state index contributed by atoms with van der Waals surface area (Å²) in [6, 6.07) is 37.3. The van der Waals surface area contributed by atoms with Crippen LogP contribution in [0.3, 0.4) is 0 Å². The highest BCUT2D eigenvalue weighted by Crippen LogP contribution is 2.33. The van der Waals surface area contributed by atoms with Gasteiger partial charge in [0, 0.05) is 5.92 Å². The summed E-state index contributed by atoms with van der Waals surface area (Å²) >= 11 is 0. The average molecular weight is 336 g/mol. The van der Waals surface area contributed by atoms with Crippen LogP contribution in [0, 0.1) is 0 Å². The van der Waals surface area contributed by atoms with Crippen molar-refractivity contribution in [1.29, 1.82) is 0 Å². The average Bonchev–Trinajstić information content (AvgIpc) is 2.71. The first kappa shape index (κ1) is 16.2. The van der Waals surface area contributed by atoms with E-state index in [1.165, 1.54) is 16.7 Å². The summed E-state index contributed by atoms with van der Waals surface area (Å²) in [7, 11) is 0. The number of benzene rings is 4. The second kappa shape index (κ2) is 7.28. The Balaban J connectivity index is 1.73. The van der Waals surface area contributed by atoms with Crippen molar-refractivity contribution >= 4 is 0 Å². The van der Waals surface area contributed by atoms with Crippen LogP contribution in [0.25, 0.3) is 11.1 Å². The third-order valence-electron chi connectivity index (χ3n) is 4.71. The minimum Gasteiger partial charge on any atom is -0.508 e.